The van der Waals surface area contributed by atoms with Gasteiger partial charge in [0.15, 0.2) is 0 Å². The summed E-state index contributed by atoms with van der Waals surface area (Å²) in [5, 5.41) is 14.1. The summed E-state index contributed by atoms with van der Waals surface area (Å²) < 4.78 is 28.2. The number of amides is 1. The number of anilines is 1. The van der Waals surface area contributed by atoms with Gasteiger partial charge in [0.2, 0.25) is 5.91 Å². The Bertz CT molecular complexity index is 500. The quantitative estimate of drug-likeness (QED) is 0.635. The van der Waals surface area contributed by atoms with Crippen LogP contribution < -0.4 is 15.4 Å². The molecule has 6 nitrogen and oxygen atoms in total. The molecule has 1 amide bonds. The molecule has 1 rings (SSSR count). The molecule has 0 aliphatic heterocycles. The first-order valence-corrected chi connectivity index (χ1v) is 6.73. The summed E-state index contributed by atoms with van der Waals surface area (Å²) >= 11 is 0. The summed E-state index contributed by atoms with van der Waals surface area (Å²) in [5.74, 6) is -1.45. The zero-order valence-corrected chi connectivity index (χ0v) is 13.2. The zero-order chi connectivity index (χ0) is 16.5. The van der Waals surface area contributed by atoms with Crippen LogP contribution >= 0.6 is 12.4 Å². The van der Waals surface area contributed by atoms with E-state index in [1.807, 2.05) is 6.92 Å². The van der Waals surface area contributed by atoms with E-state index in [-0.39, 0.29) is 24.7 Å². The lowest BCUT2D eigenvalue weighted by Crippen LogP contribution is -2.41. The van der Waals surface area contributed by atoms with Gasteiger partial charge in [-0.25, -0.2) is 0 Å². The molecule has 0 spiro atoms. The Morgan fingerprint density at radius 3 is 2.35 bits per heavy atom. The molecule has 0 aliphatic carbocycles. The molecule has 0 saturated heterocycles. The minimum atomic E-state index is -2.91. The number of carbonyl (C=O) groups excluding carboxylic acids is 1. The molecule has 9 heteroatoms. The first-order valence-electron chi connectivity index (χ1n) is 6.73. The number of hydrogen-bond acceptors (Lipinski definition) is 4. The number of carboxylic acid groups (broad SMARTS) is 1. The number of rotatable bonds is 9. The summed E-state index contributed by atoms with van der Waals surface area (Å²) in [5.41, 5.74) is 0.399. The first-order chi connectivity index (χ1) is 10.4. The minimum absolute atomic E-state index is 0. The molecule has 0 aliphatic rings. The van der Waals surface area contributed by atoms with Crippen LogP contribution in [0.25, 0.3) is 0 Å². The molecule has 1 unspecified atom stereocenters. The normalized spacial score (nSPS) is 11.5. The Labute approximate surface area is 138 Å². The molecule has 1 aromatic rings. The third-order valence-electron chi connectivity index (χ3n) is 2.75. The third-order valence-corrected chi connectivity index (χ3v) is 2.75. The Morgan fingerprint density at radius 1 is 1.26 bits per heavy atom. The van der Waals surface area contributed by atoms with E-state index in [1.54, 1.807) is 0 Å². The summed E-state index contributed by atoms with van der Waals surface area (Å²) in [7, 11) is 0. The van der Waals surface area contributed by atoms with Gasteiger partial charge in [-0.05, 0) is 30.7 Å². The van der Waals surface area contributed by atoms with Gasteiger partial charge in [0.1, 0.15) is 11.8 Å². The zero-order valence-electron chi connectivity index (χ0n) is 12.4. The molecule has 0 fully saturated rings. The van der Waals surface area contributed by atoms with Gasteiger partial charge in [0, 0.05) is 5.69 Å². The lowest BCUT2D eigenvalue weighted by Gasteiger charge is -2.13. The molecule has 1 atom stereocenters. The van der Waals surface area contributed by atoms with Crippen molar-refractivity contribution in [1.29, 1.82) is 0 Å². The highest BCUT2D eigenvalue weighted by atomic mass is 35.5. The largest absolute Gasteiger partial charge is 0.480 e. The maximum atomic E-state index is 12.0. The second kappa shape index (κ2) is 10.7. The molecule has 0 radical (unpaired) electrons. The number of aliphatic carboxylic acids is 1. The molecule has 130 valence electrons. The van der Waals surface area contributed by atoms with Crippen molar-refractivity contribution in [3.63, 3.8) is 0 Å². The monoisotopic (exact) mass is 352 g/mol. The predicted molar refractivity (Wildman–Crippen MR) is 83.3 cm³/mol. The highest BCUT2D eigenvalue weighted by Crippen LogP contribution is 2.17. The maximum Gasteiger partial charge on any atom is 0.387 e. The Balaban J connectivity index is 0.00000484. The lowest BCUT2D eigenvalue weighted by atomic mass is 10.2. The van der Waals surface area contributed by atoms with Crippen molar-refractivity contribution in [2.45, 2.75) is 32.4 Å². The molecule has 0 heterocycles. The molecule has 0 aromatic heterocycles. The molecule has 0 saturated carbocycles. The van der Waals surface area contributed by atoms with E-state index < -0.39 is 24.5 Å². The topological polar surface area (TPSA) is 87.7 Å². The average Bonchev–Trinajstić information content (AvgIpc) is 2.44. The van der Waals surface area contributed by atoms with Gasteiger partial charge >= 0.3 is 12.6 Å². The van der Waals surface area contributed by atoms with Gasteiger partial charge in [0.25, 0.3) is 0 Å². The van der Waals surface area contributed by atoms with Gasteiger partial charge < -0.3 is 15.2 Å². The number of alkyl halides is 2. The van der Waals surface area contributed by atoms with Gasteiger partial charge in [0.05, 0.1) is 6.54 Å². The van der Waals surface area contributed by atoms with Crippen LogP contribution in [-0.2, 0) is 9.59 Å². The Kier molecular flexibility index (Phi) is 9.84. The van der Waals surface area contributed by atoms with E-state index in [1.165, 1.54) is 24.3 Å². The van der Waals surface area contributed by atoms with Crippen LogP contribution in [-0.4, -0.2) is 36.2 Å². The molecular formula is C14H19ClF2N2O4. The molecular weight excluding hydrogens is 334 g/mol. The fourth-order valence-electron chi connectivity index (χ4n) is 1.74. The van der Waals surface area contributed by atoms with Crippen LogP contribution in [0.5, 0.6) is 5.75 Å². The first kappa shape index (κ1) is 21.1. The number of carbonyl (C=O) groups is 2. The SMILES string of the molecule is CCCC(NCC(=O)Nc1ccc(OC(F)F)cc1)C(=O)O.Cl. The van der Waals surface area contributed by atoms with Crippen LogP contribution in [0.4, 0.5) is 14.5 Å². The van der Waals surface area contributed by atoms with E-state index in [9.17, 15) is 18.4 Å². The van der Waals surface area contributed by atoms with Crippen molar-refractivity contribution in [3.05, 3.63) is 24.3 Å². The Hall–Kier alpha value is -1.93. The van der Waals surface area contributed by atoms with Crippen molar-refractivity contribution >= 4 is 30.0 Å². The van der Waals surface area contributed by atoms with Crippen molar-refractivity contribution in [2.75, 3.05) is 11.9 Å². The fourth-order valence-corrected chi connectivity index (χ4v) is 1.74. The van der Waals surface area contributed by atoms with E-state index >= 15 is 0 Å². The smallest absolute Gasteiger partial charge is 0.387 e. The van der Waals surface area contributed by atoms with Crippen LogP contribution in [0.1, 0.15) is 19.8 Å². The number of hydrogen-bond donors (Lipinski definition) is 3. The highest BCUT2D eigenvalue weighted by Gasteiger charge is 2.16. The van der Waals surface area contributed by atoms with Gasteiger partial charge in [-0.2, -0.15) is 8.78 Å². The van der Waals surface area contributed by atoms with Crippen molar-refractivity contribution in [2.24, 2.45) is 0 Å². The summed E-state index contributed by atoms with van der Waals surface area (Å²) in [6, 6.07) is 4.64. The van der Waals surface area contributed by atoms with Gasteiger partial charge in [-0.1, -0.05) is 13.3 Å². The number of carboxylic acids is 1. The summed E-state index contributed by atoms with van der Waals surface area (Å²) in [6.45, 7) is -1.22. The average molecular weight is 353 g/mol. The number of benzene rings is 1. The Morgan fingerprint density at radius 2 is 1.87 bits per heavy atom. The van der Waals surface area contributed by atoms with Crippen LogP contribution in [0.3, 0.4) is 0 Å². The molecule has 1 aromatic carbocycles. The van der Waals surface area contributed by atoms with E-state index in [4.69, 9.17) is 5.11 Å². The molecule has 0 bridgehead atoms. The third kappa shape index (κ3) is 8.32. The standard InChI is InChI=1S/C14H18F2N2O4.ClH/c1-2-3-11(13(20)21)17-8-12(19)18-9-4-6-10(7-5-9)22-14(15)16;/h4-7,11,14,17H,2-3,8H2,1H3,(H,18,19)(H,20,21);1H. The van der Waals surface area contributed by atoms with Crippen LogP contribution in [0.15, 0.2) is 24.3 Å². The molecule has 3 N–H and O–H groups in total. The van der Waals surface area contributed by atoms with Crippen LogP contribution in [0, 0.1) is 0 Å². The number of ether oxygens (including phenoxy) is 1. The van der Waals surface area contributed by atoms with Crippen LogP contribution in [0.2, 0.25) is 0 Å². The minimum Gasteiger partial charge on any atom is -0.480 e. The maximum absolute atomic E-state index is 12.0. The van der Waals surface area contributed by atoms with E-state index in [0.717, 1.165) is 0 Å². The number of nitrogens with one attached hydrogen (secondary N) is 2. The van der Waals surface area contributed by atoms with Crippen molar-refractivity contribution in [1.82, 2.24) is 5.32 Å². The van der Waals surface area contributed by atoms with E-state index in [2.05, 4.69) is 15.4 Å². The van der Waals surface area contributed by atoms with Crippen molar-refractivity contribution < 1.29 is 28.2 Å². The lowest BCUT2D eigenvalue weighted by molar-refractivity contribution is -0.139. The van der Waals surface area contributed by atoms with Gasteiger partial charge in [-0.3, -0.25) is 14.9 Å². The summed E-state index contributed by atoms with van der Waals surface area (Å²) in [6.07, 6.45) is 1.10. The molecule has 23 heavy (non-hydrogen) atoms. The second-order valence-electron chi connectivity index (χ2n) is 4.51. The number of halogens is 3. The highest BCUT2D eigenvalue weighted by molar-refractivity contribution is 5.92. The summed E-state index contributed by atoms with van der Waals surface area (Å²) in [4.78, 5) is 22.6. The van der Waals surface area contributed by atoms with E-state index in [0.29, 0.717) is 18.5 Å². The fraction of sp³-hybridized carbons (Fsp3) is 0.429. The van der Waals surface area contributed by atoms with Gasteiger partial charge in [-0.15, -0.1) is 12.4 Å². The van der Waals surface area contributed by atoms with Crippen molar-refractivity contribution in [3.8, 4) is 5.75 Å². The predicted octanol–water partition coefficient (Wildman–Crippen LogP) is 2.49. The second-order valence-corrected chi connectivity index (χ2v) is 4.51.